The summed E-state index contributed by atoms with van der Waals surface area (Å²) in [7, 11) is 0. The maximum absolute atomic E-state index is 13.5. The number of nitrogens with two attached hydrogens (primary N) is 1. The van der Waals surface area contributed by atoms with Crippen molar-refractivity contribution in [2.45, 2.75) is 0 Å². The Morgan fingerprint density at radius 2 is 1.58 bits per heavy atom. The molecule has 3 aromatic carbocycles. The van der Waals surface area contributed by atoms with Crippen LogP contribution < -0.4 is 16.5 Å². The normalized spacial score (nSPS) is 14.5. The summed E-state index contributed by atoms with van der Waals surface area (Å²) in [6.07, 6.45) is 4.87. The third-order valence-electron chi connectivity index (χ3n) is 5.56. The summed E-state index contributed by atoms with van der Waals surface area (Å²) in [5, 5.41) is 4.55. The van der Waals surface area contributed by atoms with Gasteiger partial charge < -0.3 is 15.8 Å². The zero-order valence-corrected chi connectivity index (χ0v) is 19.6. The molecule has 0 aromatic heterocycles. The Bertz CT molecular complexity index is 1260. The van der Waals surface area contributed by atoms with Gasteiger partial charge in [-0.3, -0.25) is 15.0 Å². The van der Waals surface area contributed by atoms with Crippen LogP contribution in [0, 0.1) is 5.82 Å². The first-order valence-corrected chi connectivity index (χ1v) is 11.5. The molecule has 2 amide bonds. The van der Waals surface area contributed by atoms with E-state index in [2.05, 4.69) is 10.7 Å². The molecule has 36 heavy (non-hydrogen) atoms. The number of nitrogens with zero attached hydrogens (tertiary/aromatic N) is 1. The Labute approximate surface area is 209 Å². The highest BCUT2D eigenvalue weighted by Crippen LogP contribution is 2.21. The summed E-state index contributed by atoms with van der Waals surface area (Å²) in [5.41, 5.74) is 12.4. The summed E-state index contributed by atoms with van der Waals surface area (Å²) < 4.78 is 18.8. The van der Waals surface area contributed by atoms with Crippen molar-refractivity contribution in [3.05, 3.63) is 101 Å². The second-order valence-corrected chi connectivity index (χ2v) is 8.18. The second kappa shape index (κ2) is 11.9. The van der Waals surface area contributed by atoms with Gasteiger partial charge in [0.2, 0.25) is 5.91 Å². The molecular formula is C28H27FN4O3. The van der Waals surface area contributed by atoms with E-state index >= 15 is 0 Å². The van der Waals surface area contributed by atoms with E-state index in [9.17, 15) is 14.0 Å². The van der Waals surface area contributed by atoms with E-state index in [1.807, 2.05) is 29.3 Å². The molecule has 8 heteroatoms. The molecule has 0 bridgehead atoms. The highest BCUT2D eigenvalue weighted by atomic mass is 19.1. The molecule has 0 aliphatic carbocycles. The first kappa shape index (κ1) is 24.8. The molecule has 1 saturated heterocycles. The van der Waals surface area contributed by atoms with Crippen LogP contribution in [0.5, 0.6) is 0 Å². The first-order chi connectivity index (χ1) is 17.5. The van der Waals surface area contributed by atoms with Crippen molar-refractivity contribution in [3.63, 3.8) is 0 Å². The fourth-order valence-electron chi connectivity index (χ4n) is 3.62. The number of carbonyl (C=O) groups excluding carboxylic acids is 2. The van der Waals surface area contributed by atoms with Gasteiger partial charge in [0.25, 0.3) is 5.91 Å². The largest absolute Gasteiger partial charge is 0.397 e. The summed E-state index contributed by atoms with van der Waals surface area (Å²) in [6.45, 7) is 2.27. The summed E-state index contributed by atoms with van der Waals surface area (Å²) in [5.74, 6) is -0.957. The number of ether oxygens (including phenoxy) is 1. The van der Waals surface area contributed by atoms with Crippen molar-refractivity contribution in [1.82, 2.24) is 10.4 Å². The molecule has 4 N–H and O–H groups in total. The Morgan fingerprint density at radius 3 is 2.28 bits per heavy atom. The predicted molar refractivity (Wildman–Crippen MR) is 140 cm³/mol. The van der Waals surface area contributed by atoms with Crippen molar-refractivity contribution >= 4 is 40.9 Å². The highest BCUT2D eigenvalue weighted by Gasteiger charge is 2.18. The molecular weight excluding hydrogens is 459 g/mol. The number of rotatable bonds is 7. The molecule has 4 rings (SSSR count). The number of amides is 2. The van der Waals surface area contributed by atoms with Crippen LogP contribution in [-0.2, 0) is 14.3 Å². The minimum Gasteiger partial charge on any atom is -0.397 e. The summed E-state index contributed by atoms with van der Waals surface area (Å²) in [4.78, 5) is 25.3. The smallest absolute Gasteiger partial charge is 0.266 e. The Morgan fingerprint density at radius 1 is 0.917 bits per heavy atom. The Kier molecular flexibility index (Phi) is 8.23. The number of carbonyl (C=O) groups is 2. The van der Waals surface area contributed by atoms with E-state index in [1.165, 1.54) is 18.2 Å². The zero-order chi connectivity index (χ0) is 25.3. The molecule has 7 nitrogen and oxygen atoms in total. The number of nitrogen functional groups attached to an aromatic ring is 1. The van der Waals surface area contributed by atoms with Crippen LogP contribution in [0.2, 0.25) is 0 Å². The van der Waals surface area contributed by atoms with Crippen LogP contribution in [0.4, 0.5) is 15.8 Å². The van der Waals surface area contributed by atoms with Crippen molar-refractivity contribution in [3.8, 4) is 0 Å². The first-order valence-electron chi connectivity index (χ1n) is 11.5. The maximum atomic E-state index is 13.5. The average molecular weight is 487 g/mol. The number of anilines is 2. The van der Waals surface area contributed by atoms with Crippen molar-refractivity contribution < 1.29 is 18.7 Å². The SMILES string of the molecule is Nc1ccccc1NC(=O)C=Cc1ccc(C=C(C(=O)NN2CCOCC2)c2ccc(F)cc2)cc1. The van der Waals surface area contributed by atoms with Crippen molar-refractivity contribution in [2.24, 2.45) is 0 Å². The van der Waals surface area contributed by atoms with E-state index in [-0.39, 0.29) is 17.6 Å². The van der Waals surface area contributed by atoms with Crippen LogP contribution in [0.25, 0.3) is 17.7 Å². The minimum atomic E-state index is -0.373. The lowest BCUT2D eigenvalue weighted by molar-refractivity contribution is -0.122. The van der Waals surface area contributed by atoms with Crippen molar-refractivity contribution in [1.29, 1.82) is 0 Å². The number of hydrogen-bond acceptors (Lipinski definition) is 5. The third kappa shape index (κ3) is 6.88. The molecule has 1 heterocycles. The van der Waals surface area contributed by atoms with Gasteiger partial charge in [-0.05, 0) is 53.1 Å². The van der Waals surface area contributed by atoms with Crippen LogP contribution >= 0.6 is 0 Å². The van der Waals surface area contributed by atoms with E-state index in [0.717, 1.165) is 11.1 Å². The van der Waals surface area contributed by atoms with E-state index in [4.69, 9.17) is 10.5 Å². The van der Waals surface area contributed by atoms with Gasteiger partial charge in [0.1, 0.15) is 5.82 Å². The molecule has 184 valence electrons. The molecule has 1 fully saturated rings. The van der Waals surface area contributed by atoms with Gasteiger partial charge in [-0.15, -0.1) is 0 Å². The standard InChI is InChI=1S/C28H27FN4O3/c29-23-12-10-22(11-13-23)24(28(35)32-33-15-17-36-18-16-33)19-21-7-5-20(6-8-21)9-14-27(34)31-26-4-2-1-3-25(26)30/h1-14,19H,15-18,30H2,(H,31,34)(H,32,35). The average Bonchev–Trinajstić information content (AvgIpc) is 2.89. The molecule has 3 aromatic rings. The molecule has 1 aliphatic rings. The Balaban J connectivity index is 1.48. The second-order valence-electron chi connectivity index (χ2n) is 8.18. The van der Waals surface area contributed by atoms with Crippen LogP contribution in [0.1, 0.15) is 16.7 Å². The number of nitrogens with one attached hydrogen (secondary N) is 2. The number of hydrogen-bond donors (Lipinski definition) is 3. The topological polar surface area (TPSA) is 96.7 Å². The van der Waals surface area contributed by atoms with Gasteiger partial charge in [-0.25, -0.2) is 9.40 Å². The fourth-order valence-corrected chi connectivity index (χ4v) is 3.62. The molecule has 0 radical (unpaired) electrons. The summed E-state index contributed by atoms with van der Waals surface area (Å²) >= 11 is 0. The molecule has 0 saturated carbocycles. The van der Waals surface area contributed by atoms with Crippen LogP contribution in [-0.4, -0.2) is 43.1 Å². The van der Waals surface area contributed by atoms with E-state index < -0.39 is 0 Å². The number of para-hydroxylation sites is 2. The lowest BCUT2D eigenvalue weighted by Gasteiger charge is -2.27. The van der Waals surface area contributed by atoms with Crippen molar-refractivity contribution in [2.75, 3.05) is 37.4 Å². The molecule has 0 atom stereocenters. The van der Waals surface area contributed by atoms with Crippen LogP contribution in [0.15, 0.2) is 78.9 Å². The molecule has 1 aliphatic heterocycles. The number of benzene rings is 3. The summed E-state index contributed by atoms with van der Waals surface area (Å²) in [6, 6.07) is 20.2. The third-order valence-corrected chi connectivity index (χ3v) is 5.56. The van der Waals surface area contributed by atoms with Crippen LogP contribution in [0.3, 0.4) is 0 Å². The monoisotopic (exact) mass is 486 g/mol. The minimum absolute atomic E-state index is 0.288. The highest BCUT2D eigenvalue weighted by molar-refractivity contribution is 6.24. The van der Waals surface area contributed by atoms with E-state index in [0.29, 0.717) is 48.8 Å². The quantitative estimate of drug-likeness (QED) is 0.267. The van der Waals surface area contributed by atoms with E-state index in [1.54, 1.807) is 48.6 Å². The number of halogens is 1. The predicted octanol–water partition coefficient (Wildman–Crippen LogP) is 3.96. The van der Waals surface area contributed by atoms with Gasteiger partial charge in [0.15, 0.2) is 0 Å². The number of hydrazine groups is 1. The van der Waals surface area contributed by atoms with Gasteiger partial charge in [-0.2, -0.15) is 0 Å². The van der Waals surface area contributed by atoms with Gasteiger partial charge >= 0.3 is 0 Å². The van der Waals surface area contributed by atoms with Gasteiger partial charge in [0.05, 0.1) is 24.6 Å². The fraction of sp³-hybridized carbons (Fsp3) is 0.143. The molecule has 0 spiro atoms. The zero-order valence-electron chi connectivity index (χ0n) is 19.6. The number of morpholine rings is 1. The lowest BCUT2D eigenvalue weighted by Crippen LogP contribution is -2.48. The van der Waals surface area contributed by atoms with Gasteiger partial charge in [0, 0.05) is 24.7 Å². The Hall–Kier alpha value is -4.27. The lowest BCUT2D eigenvalue weighted by atomic mass is 10.0. The molecule has 0 unspecified atom stereocenters. The maximum Gasteiger partial charge on any atom is 0.266 e. The van der Waals surface area contributed by atoms with Gasteiger partial charge in [-0.1, -0.05) is 48.5 Å².